The number of nitrogens with zero attached hydrogens (tertiary/aromatic N) is 2. The summed E-state index contributed by atoms with van der Waals surface area (Å²) < 4.78 is 12.4. The average Bonchev–Trinajstić information content (AvgIpc) is 3.32. The highest BCUT2D eigenvalue weighted by molar-refractivity contribution is 6.33. The number of carbonyl (C=O) groups excluding carboxylic acids is 2. The highest BCUT2D eigenvalue weighted by Gasteiger charge is 2.26. The minimum Gasteiger partial charge on any atom is -0.489 e. The van der Waals surface area contributed by atoms with Crippen molar-refractivity contribution >= 4 is 40.7 Å². The number of ether oxygens (including phenoxy) is 2. The van der Waals surface area contributed by atoms with Crippen molar-refractivity contribution in [2.45, 2.75) is 19.1 Å². The number of halogens is 2. The van der Waals surface area contributed by atoms with Gasteiger partial charge in [0.1, 0.15) is 29.2 Å². The van der Waals surface area contributed by atoms with Crippen LogP contribution >= 0.6 is 23.2 Å². The second kappa shape index (κ2) is 12.2. The molecule has 0 aliphatic carbocycles. The molecule has 1 amide bonds. The number of hydrogen-bond acceptors (Lipinski definition) is 5. The standard InChI is InChI=1S/C31H25Cl2N3O4/c1-39-31(38)26(17-20-7-14-25(15-8-20)40-19-21-5-3-2-4-6-21)34-30(37)28-29(33)36-18-23(11-16-27(36)35-28)22-9-12-24(32)13-10-22/h2-16,18,26H,17,19H2,1H3,(H,34,37). The lowest BCUT2D eigenvalue weighted by Crippen LogP contribution is -2.43. The fourth-order valence-corrected chi connectivity index (χ4v) is 4.62. The van der Waals surface area contributed by atoms with Crippen LogP contribution in [0.3, 0.4) is 0 Å². The number of nitrogens with one attached hydrogen (secondary N) is 1. The van der Waals surface area contributed by atoms with Gasteiger partial charge >= 0.3 is 5.97 Å². The largest absolute Gasteiger partial charge is 0.489 e. The molecule has 2 aromatic heterocycles. The molecular weight excluding hydrogens is 549 g/mol. The van der Waals surface area contributed by atoms with Crippen molar-refractivity contribution in [1.29, 1.82) is 0 Å². The molecule has 0 radical (unpaired) electrons. The fourth-order valence-electron chi connectivity index (χ4n) is 4.23. The number of carbonyl (C=O) groups is 2. The molecule has 0 spiro atoms. The van der Waals surface area contributed by atoms with E-state index in [0.717, 1.165) is 22.3 Å². The van der Waals surface area contributed by atoms with Crippen molar-refractivity contribution in [3.63, 3.8) is 0 Å². The van der Waals surface area contributed by atoms with E-state index < -0.39 is 17.9 Å². The molecule has 0 aliphatic heterocycles. The zero-order valence-corrected chi connectivity index (χ0v) is 23.0. The van der Waals surface area contributed by atoms with Crippen LogP contribution in [0.4, 0.5) is 0 Å². The normalized spacial score (nSPS) is 11.7. The summed E-state index contributed by atoms with van der Waals surface area (Å²) in [6.45, 7) is 0.446. The highest BCUT2D eigenvalue weighted by atomic mass is 35.5. The van der Waals surface area contributed by atoms with E-state index in [1.165, 1.54) is 7.11 Å². The number of rotatable bonds is 9. The van der Waals surface area contributed by atoms with Crippen LogP contribution in [-0.4, -0.2) is 34.4 Å². The first-order valence-corrected chi connectivity index (χ1v) is 13.2. The number of esters is 1. The molecule has 1 atom stereocenters. The van der Waals surface area contributed by atoms with Crippen molar-refractivity contribution in [3.05, 3.63) is 124 Å². The van der Waals surface area contributed by atoms with Gasteiger partial charge in [-0.05, 0) is 58.7 Å². The van der Waals surface area contributed by atoms with Gasteiger partial charge in [0.05, 0.1) is 7.11 Å². The summed E-state index contributed by atoms with van der Waals surface area (Å²) >= 11 is 12.6. The van der Waals surface area contributed by atoms with Crippen LogP contribution < -0.4 is 10.1 Å². The second-order valence-electron chi connectivity index (χ2n) is 9.08. The topological polar surface area (TPSA) is 81.9 Å². The Morgan fingerprint density at radius 2 is 1.57 bits per heavy atom. The monoisotopic (exact) mass is 573 g/mol. The average molecular weight is 574 g/mol. The first kappa shape index (κ1) is 27.2. The Morgan fingerprint density at radius 1 is 0.875 bits per heavy atom. The third kappa shape index (κ3) is 6.28. The van der Waals surface area contributed by atoms with E-state index in [1.54, 1.807) is 28.8 Å². The first-order chi connectivity index (χ1) is 19.4. The van der Waals surface area contributed by atoms with Crippen molar-refractivity contribution in [1.82, 2.24) is 14.7 Å². The summed E-state index contributed by atoms with van der Waals surface area (Å²) in [4.78, 5) is 30.2. The van der Waals surface area contributed by atoms with Gasteiger partial charge in [-0.15, -0.1) is 0 Å². The van der Waals surface area contributed by atoms with Crippen molar-refractivity contribution < 1.29 is 19.1 Å². The van der Waals surface area contributed by atoms with Crippen molar-refractivity contribution in [2.75, 3.05) is 7.11 Å². The molecule has 1 unspecified atom stereocenters. The fraction of sp³-hybridized carbons (Fsp3) is 0.129. The van der Waals surface area contributed by atoms with Gasteiger partial charge in [-0.25, -0.2) is 9.78 Å². The van der Waals surface area contributed by atoms with Crippen molar-refractivity contribution in [2.24, 2.45) is 0 Å². The van der Waals surface area contributed by atoms with Crippen LogP contribution in [0.5, 0.6) is 5.75 Å². The molecule has 0 aliphatic rings. The maximum Gasteiger partial charge on any atom is 0.328 e. The molecule has 0 bridgehead atoms. The van der Waals surface area contributed by atoms with Gasteiger partial charge in [0, 0.05) is 17.6 Å². The lowest BCUT2D eigenvalue weighted by molar-refractivity contribution is -0.142. The van der Waals surface area contributed by atoms with E-state index in [-0.39, 0.29) is 17.3 Å². The minimum atomic E-state index is -0.945. The highest BCUT2D eigenvalue weighted by Crippen LogP contribution is 2.26. The number of fused-ring (bicyclic) bond motifs is 1. The molecule has 2 heterocycles. The number of benzene rings is 3. The van der Waals surface area contributed by atoms with Gasteiger partial charge < -0.3 is 14.8 Å². The van der Waals surface area contributed by atoms with Gasteiger partial charge in [-0.3, -0.25) is 9.20 Å². The third-order valence-electron chi connectivity index (χ3n) is 6.36. The number of aromatic nitrogens is 2. The second-order valence-corrected chi connectivity index (χ2v) is 9.87. The summed E-state index contributed by atoms with van der Waals surface area (Å²) in [5.74, 6) is -0.469. The summed E-state index contributed by atoms with van der Waals surface area (Å²) in [6, 6.07) is 27.3. The van der Waals surface area contributed by atoms with Gasteiger partial charge in [0.15, 0.2) is 5.69 Å². The van der Waals surface area contributed by atoms with Crippen LogP contribution in [-0.2, 0) is 22.6 Å². The van der Waals surface area contributed by atoms with Crippen LogP contribution in [0.15, 0.2) is 97.2 Å². The molecule has 0 saturated heterocycles. The predicted octanol–water partition coefficient (Wildman–Crippen LogP) is 6.40. The van der Waals surface area contributed by atoms with Crippen LogP contribution in [0.25, 0.3) is 16.8 Å². The smallest absolute Gasteiger partial charge is 0.328 e. The van der Waals surface area contributed by atoms with Gasteiger partial charge in [0.2, 0.25) is 0 Å². The Hall–Kier alpha value is -4.33. The van der Waals surface area contributed by atoms with Crippen LogP contribution in [0.2, 0.25) is 10.2 Å². The van der Waals surface area contributed by atoms with Gasteiger partial charge in [-0.2, -0.15) is 0 Å². The lowest BCUT2D eigenvalue weighted by Gasteiger charge is -2.16. The van der Waals surface area contributed by atoms with E-state index in [9.17, 15) is 9.59 Å². The molecule has 5 rings (SSSR count). The molecule has 40 heavy (non-hydrogen) atoms. The summed E-state index contributed by atoms with van der Waals surface area (Å²) in [5.41, 5.74) is 4.19. The van der Waals surface area contributed by atoms with E-state index in [2.05, 4.69) is 10.3 Å². The molecule has 1 N–H and O–H groups in total. The summed E-state index contributed by atoms with van der Waals surface area (Å²) in [5, 5.41) is 3.50. The minimum absolute atomic E-state index is 0.00786. The number of imidazole rings is 1. The Balaban J connectivity index is 1.29. The Labute approximate surface area is 241 Å². The molecule has 0 saturated carbocycles. The molecule has 0 fully saturated rings. The Kier molecular flexibility index (Phi) is 8.34. The number of pyridine rings is 1. The van der Waals surface area contributed by atoms with Gasteiger partial charge in [-0.1, -0.05) is 77.8 Å². The third-order valence-corrected chi connectivity index (χ3v) is 6.97. The lowest BCUT2D eigenvalue weighted by atomic mass is 10.1. The zero-order chi connectivity index (χ0) is 28.1. The summed E-state index contributed by atoms with van der Waals surface area (Å²) in [7, 11) is 1.28. The maximum atomic E-state index is 13.2. The van der Waals surface area contributed by atoms with Crippen LogP contribution in [0, 0.1) is 0 Å². The zero-order valence-electron chi connectivity index (χ0n) is 21.5. The summed E-state index contributed by atoms with van der Waals surface area (Å²) in [6.07, 6.45) is 2.01. The number of hydrogen-bond donors (Lipinski definition) is 1. The predicted molar refractivity (Wildman–Crippen MR) is 155 cm³/mol. The van der Waals surface area contributed by atoms with E-state index in [0.29, 0.717) is 23.0 Å². The Bertz CT molecular complexity index is 1640. The molecule has 7 nitrogen and oxygen atoms in total. The quantitative estimate of drug-likeness (QED) is 0.206. The van der Waals surface area contributed by atoms with E-state index in [4.69, 9.17) is 32.7 Å². The molecular formula is C31H25Cl2N3O4. The first-order valence-electron chi connectivity index (χ1n) is 12.5. The van der Waals surface area contributed by atoms with Crippen molar-refractivity contribution in [3.8, 4) is 16.9 Å². The van der Waals surface area contributed by atoms with Crippen LogP contribution in [0.1, 0.15) is 21.6 Å². The van der Waals surface area contributed by atoms with E-state index in [1.807, 2.05) is 72.8 Å². The Morgan fingerprint density at radius 3 is 2.27 bits per heavy atom. The number of methoxy groups -OCH3 is 1. The SMILES string of the molecule is COC(=O)C(Cc1ccc(OCc2ccccc2)cc1)NC(=O)c1nc2ccc(-c3ccc(Cl)cc3)cn2c1Cl. The van der Waals surface area contributed by atoms with Gasteiger partial charge in [0.25, 0.3) is 5.91 Å². The van der Waals surface area contributed by atoms with E-state index >= 15 is 0 Å². The molecule has 9 heteroatoms. The molecule has 202 valence electrons. The number of amides is 1. The maximum absolute atomic E-state index is 13.2. The molecule has 5 aromatic rings. The molecule has 3 aromatic carbocycles.